The molecule has 0 aromatic rings. The van der Waals surface area contributed by atoms with Crippen LogP contribution in [0.3, 0.4) is 0 Å². The molecule has 0 bridgehead atoms. The summed E-state index contributed by atoms with van der Waals surface area (Å²) in [5.41, 5.74) is 0. The van der Waals surface area contributed by atoms with Gasteiger partial charge in [-0.15, -0.1) is 0 Å². The van der Waals surface area contributed by atoms with Crippen LogP contribution < -0.4 is 61.6 Å². The van der Waals surface area contributed by atoms with Gasteiger partial charge in [-0.1, -0.05) is 0 Å². The topological polar surface area (TPSA) is 172 Å². The molecular weight excluding hydrogens is 223 g/mol. The van der Waals surface area contributed by atoms with Crippen molar-refractivity contribution in [3.05, 3.63) is 0 Å². The van der Waals surface area contributed by atoms with E-state index in [0.29, 0.717) is 0 Å². The molecule has 0 aliphatic rings. The van der Waals surface area contributed by atoms with Gasteiger partial charge in [-0.3, -0.25) is 0 Å². The number of hydrogen-bond acceptors (Lipinski definition) is 4. The van der Waals surface area contributed by atoms with Crippen molar-refractivity contribution in [1.29, 1.82) is 0 Å². The van der Waals surface area contributed by atoms with Crippen molar-refractivity contribution in [2.24, 2.45) is 0 Å². The van der Waals surface area contributed by atoms with E-state index in [0.717, 1.165) is 0 Å². The van der Waals surface area contributed by atoms with E-state index in [1.165, 1.54) is 0 Å². The summed E-state index contributed by atoms with van der Waals surface area (Å²) in [4.78, 5) is 17.9. The van der Waals surface area contributed by atoms with Gasteiger partial charge in [0.15, 0.2) is 0 Å². The second-order valence-electron chi connectivity index (χ2n) is 0.575. The standard InChI is InChI=1S/C2H2O4.K.2H2O.O.Ti/c3-1(4)2(5)6;;;;;/h(H,3,4)(H,5,6);;2*1H2;;/q;+1;;;-2;+4/p-2. The van der Waals surface area contributed by atoms with Crippen LogP contribution in [-0.4, -0.2) is 22.9 Å². The van der Waals surface area contributed by atoms with Crippen molar-refractivity contribution in [3.63, 3.8) is 0 Å². The van der Waals surface area contributed by atoms with E-state index in [-0.39, 0.29) is 89.5 Å². The first-order valence-electron chi connectivity index (χ1n) is 1.07. The average molecular weight is 227 g/mol. The zero-order valence-electron chi connectivity index (χ0n) is 5.54. The van der Waals surface area contributed by atoms with Crippen LogP contribution in [0.25, 0.3) is 0 Å². The zero-order valence-corrected chi connectivity index (χ0v) is 10.2. The van der Waals surface area contributed by atoms with Crippen LogP contribution in [0.2, 0.25) is 0 Å². The van der Waals surface area contributed by atoms with E-state index >= 15 is 0 Å². The first-order chi connectivity index (χ1) is 2.64. The van der Waals surface area contributed by atoms with Gasteiger partial charge in [0.1, 0.15) is 0 Å². The summed E-state index contributed by atoms with van der Waals surface area (Å²) >= 11 is 0. The molecule has 0 radical (unpaired) electrons. The second-order valence-corrected chi connectivity index (χ2v) is 0.575. The fraction of sp³-hybridized carbons (Fsp3) is 0. The molecule has 0 aliphatic heterocycles. The maximum absolute atomic E-state index is 8.93. The van der Waals surface area contributed by atoms with Gasteiger partial charge in [-0.05, 0) is 0 Å². The maximum atomic E-state index is 8.93. The van der Waals surface area contributed by atoms with Crippen molar-refractivity contribution >= 4 is 11.9 Å². The molecule has 0 saturated carbocycles. The molecule has 0 atom stereocenters. The molecule has 58 valence electrons. The number of aliphatic carboxylic acids is 2. The van der Waals surface area contributed by atoms with Gasteiger partial charge < -0.3 is 36.2 Å². The summed E-state index contributed by atoms with van der Waals surface area (Å²) in [6, 6.07) is 0. The molecule has 0 aromatic carbocycles. The number of carbonyl (C=O) groups excluding carboxylic acids is 2. The molecule has 4 N–H and O–H groups in total. The number of carbonyl (C=O) groups is 2. The average Bonchev–Trinajstić information content (AvgIpc) is 1.36. The van der Waals surface area contributed by atoms with Gasteiger partial charge in [0.2, 0.25) is 0 Å². The minimum Gasteiger partial charge on any atom is -2.00 e. The number of carboxylic acid groups (broad SMARTS) is 2. The third-order valence-corrected chi connectivity index (χ3v) is 0.167. The van der Waals surface area contributed by atoms with Crippen LogP contribution in [0.4, 0.5) is 0 Å². The summed E-state index contributed by atoms with van der Waals surface area (Å²) < 4.78 is 0. The van der Waals surface area contributed by atoms with Crippen LogP contribution in [0.15, 0.2) is 0 Å². The largest absolute Gasteiger partial charge is 4.00 e. The summed E-state index contributed by atoms with van der Waals surface area (Å²) in [5, 5.41) is 17.9. The van der Waals surface area contributed by atoms with Crippen molar-refractivity contribution in [1.82, 2.24) is 0 Å². The van der Waals surface area contributed by atoms with Crippen LogP contribution in [0.1, 0.15) is 0 Å². The Kier molecular flexibility index (Phi) is 81.5. The molecule has 7 nitrogen and oxygen atoms in total. The quantitative estimate of drug-likeness (QED) is 0.295. The van der Waals surface area contributed by atoms with Crippen molar-refractivity contribution in [2.45, 2.75) is 0 Å². The van der Waals surface area contributed by atoms with Gasteiger partial charge >= 0.3 is 73.1 Å². The Morgan fingerprint density at radius 3 is 1.00 bits per heavy atom. The van der Waals surface area contributed by atoms with E-state index in [2.05, 4.69) is 0 Å². The van der Waals surface area contributed by atoms with Gasteiger partial charge in [-0.25, -0.2) is 0 Å². The maximum Gasteiger partial charge on any atom is 4.00 e. The Morgan fingerprint density at radius 2 is 1.00 bits per heavy atom. The van der Waals surface area contributed by atoms with E-state index in [4.69, 9.17) is 19.8 Å². The van der Waals surface area contributed by atoms with E-state index in [9.17, 15) is 0 Å². The van der Waals surface area contributed by atoms with Crippen LogP contribution in [-0.2, 0) is 36.8 Å². The normalized spacial score (nSPS) is 4.00. The third-order valence-electron chi connectivity index (χ3n) is 0.167. The van der Waals surface area contributed by atoms with Crippen molar-refractivity contribution in [3.8, 4) is 0 Å². The monoisotopic (exact) mass is 227 g/mol. The summed E-state index contributed by atoms with van der Waals surface area (Å²) in [7, 11) is 0. The smallest absolute Gasteiger partial charge is 2.00 e. The molecule has 0 aromatic heterocycles. The molecule has 0 saturated heterocycles. The minimum absolute atomic E-state index is 0. The van der Waals surface area contributed by atoms with E-state index in [1.807, 2.05) is 0 Å². The summed E-state index contributed by atoms with van der Waals surface area (Å²) in [6.45, 7) is 0. The Bertz CT molecular complexity index is 82.4. The fourth-order valence-electron chi connectivity index (χ4n) is 0. The number of carboxylic acids is 2. The van der Waals surface area contributed by atoms with E-state index in [1.54, 1.807) is 0 Å². The SMILES string of the molecule is O.O.O=C([O-])C(=O)[O-].[K+].[O-2].[Ti+4]. The van der Waals surface area contributed by atoms with Crippen molar-refractivity contribution < 1.29 is 109 Å². The number of rotatable bonds is 0. The third kappa shape index (κ3) is 35.1. The van der Waals surface area contributed by atoms with Gasteiger partial charge in [0, 0.05) is 0 Å². The Labute approximate surface area is 119 Å². The molecule has 0 aliphatic carbocycles. The molecule has 0 amide bonds. The predicted molar refractivity (Wildman–Crippen MR) is 17.9 cm³/mol. The minimum atomic E-state index is -2.19. The van der Waals surface area contributed by atoms with Gasteiger partial charge in [0.25, 0.3) is 0 Å². The molecular formula is C2H4KO7Ti+. The second kappa shape index (κ2) is 22.5. The molecule has 9 heteroatoms. The molecule has 0 unspecified atom stereocenters. The zero-order chi connectivity index (χ0) is 5.15. The van der Waals surface area contributed by atoms with Crippen LogP contribution in [0.5, 0.6) is 0 Å². The van der Waals surface area contributed by atoms with Gasteiger partial charge in [-0.2, -0.15) is 0 Å². The fourth-order valence-corrected chi connectivity index (χ4v) is 0. The molecule has 0 heterocycles. The first kappa shape index (κ1) is 39.9. The van der Waals surface area contributed by atoms with Crippen molar-refractivity contribution in [2.75, 3.05) is 0 Å². The predicted octanol–water partition coefficient (Wildman–Crippen LogP) is -8.28. The Hall–Kier alpha value is 1.17. The molecule has 11 heavy (non-hydrogen) atoms. The Morgan fingerprint density at radius 1 is 0.909 bits per heavy atom. The molecule has 0 fully saturated rings. The van der Waals surface area contributed by atoms with Crippen LogP contribution >= 0.6 is 0 Å². The molecule has 0 rings (SSSR count). The number of hydrogen-bond donors (Lipinski definition) is 0. The summed E-state index contributed by atoms with van der Waals surface area (Å²) in [5.74, 6) is -4.37. The van der Waals surface area contributed by atoms with Gasteiger partial charge in [0.05, 0.1) is 11.9 Å². The molecule has 0 spiro atoms. The first-order valence-corrected chi connectivity index (χ1v) is 1.07. The van der Waals surface area contributed by atoms with E-state index < -0.39 is 11.9 Å². The van der Waals surface area contributed by atoms with Crippen LogP contribution in [0, 0.1) is 0 Å². The Balaban J connectivity index is -0.0000000125. The summed E-state index contributed by atoms with van der Waals surface area (Å²) in [6.07, 6.45) is 0.